The van der Waals surface area contributed by atoms with Crippen molar-refractivity contribution in [3.8, 4) is 0 Å². The highest BCUT2D eigenvalue weighted by Gasteiger charge is 2.24. The van der Waals surface area contributed by atoms with Crippen LogP contribution in [0.5, 0.6) is 0 Å². The molecule has 0 bridgehead atoms. The van der Waals surface area contributed by atoms with E-state index in [1.807, 2.05) is 21.1 Å². The van der Waals surface area contributed by atoms with Gasteiger partial charge in [0.05, 0.1) is 34.4 Å². The zero-order valence-electron chi connectivity index (χ0n) is 24.0. The number of carbonyl (C=O) groups excluding carboxylic acids is 1. The van der Waals surface area contributed by atoms with Gasteiger partial charge in [0.15, 0.2) is 0 Å². The van der Waals surface area contributed by atoms with Crippen LogP contribution in [0.15, 0.2) is 0 Å². The summed E-state index contributed by atoms with van der Waals surface area (Å²) in [6.07, 6.45) is 16.4. The molecule has 2 unspecified atom stereocenters. The monoisotopic (exact) mass is 538 g/mol. The molecule has 0 aliphatic carbocycles. The molecule has 0 spiro atoms. The molecule has 0 radical (unpaired) electrons. The number of quaternary nitrogens is 1. The molecule has 8 nitrogen and oxygen atoms in total. The van der Waals surface area contributed by atoms with E-state index in [4.69, 9.17) is 18.5 Å². The lowest BCUT2D eigenvalue weighted by Gasteiger charge is -2.24. The smallest absolute Gasteiger partial charge is 0.379 e. The predicted molar refractivity (Wildman–Crippen MR) is 146 cm³/mol. The molecule has 0 amide bonds. The summed E-state index contributed by atoms with van der Waals surface area (Å²) in [6.45, 7) is 3.85. The maximum absolute atomic E-state index is 12.0. The van der Waals surface area contributed by atoms with Gasteiger partial charge in [-0.3, -0.25) is 13.8 Å². The standard InChI is InChI=1S/C27H56NO7P/c1-6-7-8-16-19-26(29)20-17-14-12-10-9-11-13-15-18-22-33-24-27(32-5)25-35-36(30,31)34-23-21-28(2,3)4/h27H,6-25H2,1-5H3/p+1. The molecular weight excluding hydrogens is 481 g/mol. The van der Waals surface area contributed by atoms with E-state index in [9.17, 15) is 14.3 Å². The summed E-state index contributed by atoms with van der Waals surface area (Å²) in [6, 6.07) is 0. The van der Waals surface area contributed by atoms with E-state index in [1.54, 1.807) is 0 Å². The van der Waals surface area contributed by atoms with Gasteiger partial charge in [0.25, 0.3) is 0 Å². The minimum atomic E-state index is -4.09. The van der Waals surface area contributed by atoms with Gasteiger partial charge in [0.1, 0.15) is 25.0 Å². The molecule has 0 saturated carbocycles. The van der Waals surface area contributed by atoms with E-state index in [0.29, 0.717) is 30.0 Å². The SMILES string of the molecule is CCCCCCC(=O)CCCCCCCCCCCOCC(COP(=O)(O)OCC[N+](C)(C)C)OC. The second kappa shape index (κ2) is 22.6. The molecule has 0 fully saturated rings. The Hall–Kier alpha value is -0.340. The van der Waals surface area contributed by atoms with Crippen LogP contribution in [-0.4, -0.2) is 82.5 Å². The first kappa shape index (κ1) is 35.7. The lowest BCUT2D eigenvalue weighted by atomic mass is 10.0. The Morgan fingerprint density at radius 2 is 1.31 bits per heavy atom. The first-order chi connectivity index (χ1) is 17.1. The van der Waals surface area contributed by atoms with Crippen molar-refractivity contribution in [2.24, 2.45) is 0 Å². The molecule has 0 aromatic heterocycles. The zero-order chi connectivity index (χ0) is 27.1. The summed E-state index contributed by atoms with van der Waals surface area (Å²) in [5.74, 6) is 0.450. The van der Waals surface area contributed by atoms with Crippen LogP contribution in [0.2, 0.25) is 0 Å². The van der Waals surface area contributed by atoms with Gasteiger partial charge in [-0.1, -0.05) is 71.1 Å². The molecule has 0 rings (SSSR count). The minimum Gasteiger partial charge on any atom is -0.379 e. The van der Waals surface area contributed by atoms with Crippen molar-refractivity contribution in [1.29, 1.82) is 0 Å². The summed E-state index contributed by atoms with van der Waals surface area (Å²) in [5.41, 5.74) is 0. The van der Waals surface area contributed by atoms with Gasteiger partial charge < -0.3 is 18.9 Å². The second-order valence-electron chi connectivity index (χ2n) is 10.8. The van der Waals surface area contributed by atoms with Crippen LogP contribution in [-0.2, 0) is 27.9 Å². The van der Waals surface area contributed by atoms with Crippen LogP contribution in [0, 0.1) is 0 Å². The normalized spacial score (nSPS) is 14.6. The molecule has 0 aromatic rings. The van der Waals surface area contributed by atoms with Crippen molar-refractivity contribution in [3.05, 3.63) is 0 Å². The number of rotatable bonds is 27. The highest BCUT2D eigenvalue weighted by molar-refractivity contribution is 7.47. The topological polar surface area (TPSA) is 91.3 Å². The number of hydrogen-bond donors (Lipinski definition) is 1. The van der Waals surface area contributed by atoms with Crippen molar-refractivity contribution in [2.75, 3.05) is 61.2 Å². The molecular formula is C27H57NO7P+. The first-order valence-electron chi connectivity index (χ1n) is 14.1. The molecule has 0 aliphatic rings. The van der Waals surface area contributed by atoms with Gasteiger partial charge in [-0.15, -0.1) is 0 Å². The Bertz CT molecular complexity index is 569. The maximum atomic E-state index is 12.0. The fraction of sp³-hybridized carbons (Fsp3) is 0.963. The fourth-order valence-electron chi connectivity index (χ4n) is 3.68. The predicted octanol–water partition coefficient (Wildman–Crippen LogP) is 6.30. The summed E-state index contributed by atoms with van der Waals surface area (Å²) < 4.78 is 33.6. The average Bonchev–Trinajstić information content (AvgIpc) is 2.80. The van der Waals surface area contributed by atoms with Crippen LogP contribution in [0.3, 0.4) is 0 Å². The summed E-state index contributed by atoms with van der Waals surface area (Å²) in [4.78, 5) is 21.6. The van der Waals surface area contributed by atoms with E-state index < -0.39 is 13.9 Å². The number of phosphoric ester groups is 1. The van der Waals surface area contributed by atoms with Gasteiger partial charge in [0, 0.05) is 26.6 Å². The molecule has 0 saturated heterocycles. The number of Topliss-reactive ketones (excluding diaryl/α,β-unsaturated/α-hetero) is 1. The van der Waals surface area contributed by atoms with Crippen molar-refractivity contribution in [2.45, 2.75) is 109 Å². The van der Waals surface area contributed by atoms with Crippen LogP contribution < -0.4 is 0 Å². The zero-order valence-corrected chi connectivity index (χ0v) is 24.9. The summed E-state index contributed by atoms with van der Waals surface area (Å²) in [5, 5.41) is 0. The molecule has 36 heavy (non-hydrogen) atoms. The lowest BCUT2D eigenvalue weighted by molar-refractivity contribution is -0.870. The molecule has 0 aromatic carbocycles. The fourth-order valence-corrected chi connectivity index (χ4v) is 4.42. The summed E-state index contributed by atoms with van der Waals surface area (Å²) >= 11 is 0. The third-order valence-electron chi connectivity index (χ3n) is 6.13. The number of ketones is 1. The highest BCUT2D eigenvalue weighted by atomic mass is 31.2. The van der Waals surface area contributed by atoms with E-state index in [-0.39, 0.29) is 13.2 Å². The Labute approximate surface area is 221 Å². The molecule has 9 heteroatoms. The maximum Gasteiger partial charge on any atom is 0.472 e. The third kappa shape index (κ3) is 25.3. The van der Waals surface area contributed by atoms with E-state index in [1.165, 1.54) is 64.9 Å². The Kier molecular flexibility index (Phi) is 22.4. The molecule has 216 valence electrons. The number of phosphoric acid groups is 1. The van der Waals surface area contributed by atoms with E-state index in [0.717, 1.165) is 38.5 Å². The van der Waals surface area contributed by atoms with E-state index >= 15 is 0 Å². The third-order valence-corrected chi connectivity index (χ3v) is 7.11. The van der Waals surface area contributed by atoms with E-state index in [2.05, 4.69) is 6.92 Å². The van der Waals surface area contributed by atoms with Gasteiger partial charge in [-0.2, -0.15) is 0 Å². The summed E-state index contributed by atoms with van der Waals surface area (Å²) in [7, 11) is 3.39. The number of ether oxygens (including phenoxy) is 2. The average molecular weight is 539 g/mol. The molecule has 0 heterocycles. The van der Waals surface area contributed by atoms with Crippen molar-refractivity contribution < 1.29 is 37.3 Å². The quantitative estimate of drug-likeness (QED) is 0.0746. The van der Waals surface area contributed by atoms with Gasteiger partial charge in [0.2, 0.25) is 0 Å². The second-order valence-corrected chi connectivity index (χ2v) is 12.3. The van der Waals surface area contributed by atoms with Crippen LogP contribution in [0.25, 0.3) is 0 Å². The largest absolute Gasteiger partial charge is 0.472 e. The lowest BCUT2D eigenvalue weighted by Crippen LogP contribution is -2.37. The molecule has 1 N–H and O–H groups in total. The van der Waals surface area contributed by atoms with Gasteiger partial charge >= 0.3 is 7.82 Å². The number of methoxy groups -OCH3 is 1. The molecule has 0 aliphatic heterocycles. The van der Waals surface area contributed by atoms with Crippen LogP contribution in [0.1, 0.15) is 103 Å². The number of carbonyl (C=O) groups is 1. The Morgan fingerprint density at radius 3 is 1.83 bits per heavy atom. The first-order valence-corrected chi connectivity index (χ1v) is 15.6. The number of unbranched alkanes of at least 4 members (excludes halogenated alkanes) is 11. The van der Waals surface area contributed by atoms with Crippen molar-refractivity contribution >= 4 is 13.6 Å². The van der Waals surface area contributed by atoms with Gasteiger partial charge in [-0.05, 0) is 19.3 Å². The van der Waals surface area contributed by atoms with Crippen molar-refractivity contribution in [3.63, 3.8) is 0 Å². The number of nitrogens with zero attached hydrogens (tertiary/aromatic N) is 1. The van der Waals surface area contributed by atoms with Crippen LogP contribution >= 0.6 is 7.82 Å². The van der Waals surface area contributed by atoms with Crippen LogP contribution in [0.4, 0.5) is 0 Å². The van der Waals surface area contributed by atoms with Gasteiger partial charge in [-0.25, -0.2) is 4.57 Å². The number of hydrogen-bond acceptors (Lipinski definition) is 6. The number of likely N-dealkylation sites (N-methyl/N-ethyl adjacent to an activating group) is 1. The van der Waals surface area contributed by atoms with Crippen molar-refractivity contribution in [1.82, 2.24) is 0 Å². The Balaban J connectivity index is 3.55. The highest BCUT2D eigenvalue weighted by Crippen LogP contribution is 2.43. The minimum absolute atomic E-state index is 0.0538. The Morgan fingerprint density at radius 1 is 0.778 bits per heavy atom. The molecule has 2 atom stereocenters.